The first-order valence-electron chi connectivity index (χ1n) is 4.71. The number of hydrazine groups is 1. The van der Waals surface area contributed by atoms with Crippen molar-refractivity contribution in [3.63, 3.8) is 0 Å². The predicted octanol–water partition coefficient (Wildman–Crippen LogP) is -0.441. The molecule has 0 saturated carbocycles. The van der Waals surface area contributed by atoms with Crippen molar-refractivity contribution in [1.82, 2.24) is 10.3 Å². The van der Waals surface area contributed by atoms with Crippen molar-refractivity contribution in [3.8, 4) is 0 Å². The van der Waals surface area contributed by atoms with Gasteiger partial charge in [0.25, 0.3) is 0 Å². The molecule has 3 N–H and O–H groups in total. The van der Waals surface area contributed by atoms with E-state index in [9.17, 15) is 0 Å². The van der Waals surface area contributed by atoms with E-state index in [1.54, 1.807) is 0 Å². The lowest BCUT2D eigenvalue weighted by Gasteiger charge is -2.25. The molecule has 2 aliphatic rings. The first-order valence-corrected chi connectivity index (χ1v) is 4.71. The summed E-state index contributed by atoms with van der Waals surface area (Å²) in [7, 11) is 0. The maximum Gasteiger partial charge on any atom is 0.0882 e. The lowest BCUT2D eigenvalue weighted by molar-refractivity contribution is 0.0177. The van der Waals surface area contributed by atoms with Gasteiger partial charge in [-0.2, -0.15) is 0 Å². The Kier molecular flexibility index (Phi) is 3.94. The van der Waals surface area contributed by atoms with Crippen LogP contribution in [0, 0.1) is 0 Å². The lowest BCUT2D eigenvalue weighted by atomic mass is 10.2. The fraction of sp³-hybridized carbons (Fsp3) is 1.00. The van der Waals surface area contributed by atoms with Gasteiger partial charge in [-0.3, -0.25) is 5.84 Å². The Bertz CT molecular complexity index is 117. The van der Waals surface area contributed by atoms with Gasteiger partial charge < -0.3 is 10.1 Å². The summed E-state index contributed by atoms with van der Waals surface area (Å²) in [4.78, 5) is 0. The molecule has 2 rings (SSSR count). The third-order valence-electron chi connectivity index (χ3n) is 2.13. The van der Waals surface area contributed by atoms with Crippen LogP contribution in [0.4, 0.5) is 0 Å². The quantitative estimate of drug-likeness (QED) is 0.488. The molecule has 12 heavy (non-hydrogen) atoms. The van der Waals surface area contributed by atoms with Gasteiger partial charge in [0, 0.05) is 25.7 Å². The van der Waals surface area contributed by atoms with E-state index in [2.05, 4.69) is 5.32 Å². The molecule has 2 fully saturated rings. The third-order valence-corrected chi connectivity index (χ3v) is 2.13. The van der Waals surface area contributed by atoms with Gasteiger partial charge in [-0.05, 0) is 0 Å². The summed E-state index contributed by atoms with van der Waals surface area (Å²) in [5.74, 6) is 5.61. The molecule has 2 unspecified atom stereocenters. The maximum atomic E-state index is 5.61. The van der Waals surface area contributed by atoms with E-state index in [4.69, 9.17) is 10.6 Å². The Morgan fingerprint density at radius 1 is 1.42 bits per heavy atom. The number of hydrogen-bond donors (Lipinski definition) is 2. The van der Waals surface area contributed by atoms with Crippen LogP contribution in [-0.2, 0) is 4.74 Å². The van der Waals surface area contributed by atoms with Crippen LogP contribution < -0.4 is 11.2 Å². The van der Waals surface area contributed by atoms with Crippen molar-refractivity contribution in [2.75, 3.05) is 26.2 Å². The van der Waals surface area contributed by atoms with Gasteiger partial charge in [0.1, 0.15) is 0 Å². The fourth-order valence-corrected chi connectivity index (χ4v) is 1.62. The smallest absolute Gasteiger partial charge is 0.0882 e. The average molecular weight is 173 g/mol. The maximum absolute atomic E-state index is 5.61. The molecule has 0 aliphatic carbocycles. The van der Waals surface area contributed by atoms with Crippen LogP contribution in [0.1, 0.15) is 13.8 Å². The van der Waals surface area contributed by atoms with E-state index >= 15 is 0 Å². The zero-order chi connectivity index (χ0) is 8.97. The number of nitrogens with one attached hydrogen (secondary N) is 1. The zero-order valence-corrected chi connectivity index (χ0v) is 7.92. The van der Waals surface area contributed by atoms with E-state index < -0.39 is 0 Å². The van der Waals surface area contributed by atoms with Crippen molar-refractivity contribution in [1.29, 1.82) is 0 Å². The van der Waals surface area contributed by atoms with Crippen LogP contribution in [0.25, 0.3) is 0 Å². The molecule has 0 aromatic rings. The van der Waals surface area contributed by atoms with E-state index in [0.29, 0.717) is 12.1 Å². The minimum Gasteiger partial charge on any atom is -0.374 e. The van der Waals surface area contributed by atoms with Crippen LogP contribution in [0.2, 0.25) is 0 Å². The molecule has 72 valence electrons. The molecule has 4 heteroatoms. The van der Waals surface area contributed by atoms with Crippen molar-refractivity contribution < 1.29 is 4.74 Å². The normalized spacial score (nSPS) is 35.2. The molecular formula is C8H19N3O. The zero-order valence-electron chi connectivity index (χ0n) is 7.92. The molecule has 2 atom stereocenters. The largest absolute Gasteiger partial charge is 0.374 e. The molecule has 2 saturated heterocycles. The van der Waals surface area contributed by atoms with E-state index in [-0.39, 0.29) is 0 Å². The highest BCUT2D eigenvalue weighted by Gasteiger charge is 2.33. The Labute approximate surface area is 74.0 Å². The molecule has 0 aromatic heterocycles. The highest BCUT2D eigenvalue weighted by atomic mass is 16.5. The second kappa shape index (κ2) is 4.77. The summed E-state index contributed by atoms with van der Waals surface area (Å²) in [6, 6.07) is 0.471. The van der Waals surface area contributed by atoms with Gasteiger partial charge in [-0.1, -0.05) is 13.8 Å². The average Bonchev–Trinajstić information content (AvgIpc) is 2.48. The first-order chi connectivity index (χ1) is 5.86. The lowest BCUT2D eigenvalue weighted by Crippen LogP contribution is -2.47. The molecule has 0 bridgehead atoms. The van der Waals surface area contributed by atoms with E-state index in [1.165, 1.54) is 0 Å². The summed E-state index contributed by atoms with van der Waals surface area (Å²) < 4.78 is 5.49. The van der Waals surface area contributed by atoms with Gasteiger partial charge >= 0.3 is 0 Å². The minimum absolute atomic E-state index is 0.332. The predicted molar refractivity (Wildman–Crippen MR) is 48.6 cm³/mol. The summed E-state index contributed by atoms with van der Waals surface area (Å²) in [6.45, 7) is 7.59. The molecule has 4 nitrogen and oxygen atoms in total. The van der Waals surface area contributed by atoms with Crippen LogP contribution in [0.15, 0.2) is 0 Å². The van der Waals surface area contributed by atoms with Crippen molar-refractivity contribution in [2.45, 2.75) is 26.0 Å². The van der Waals surface area contributed by atoms with Crippen LogP contribution in [0.5, 0.6) is 0 Å². The van der Waals surface area contributed by atoms with Gasteiger partial charge in [-0.15, -0.1) is 0 Å². The number of hydrogen-bond acceptors (Lipinski definition) is 4. The fourth-order valence-electron chi connectivity index (χ4n) is 1.62. The Morgan fingerprint density at radius 2 is 2.17 bits per heavy atom. The molecule has 2 aliphatic heterocycles. The number of nitrogens with zero attached hydrogens (tertiary/aromatic N) is 1. The van der Waals surface area contributed by atoms with Crippen molar-refractivity contribution in [3.05, 3.63) is 0 Å². The highest BCUT2D eigenvalue weighted by molar-refractivity contribution is 4.90. The summed E-state index contributed by atoms with van der Waals surface area (Å²) in [5, 5.41) is 5.18. The minimum atomic E-state index is 0.332. The van der Waals surface area contributed by atoms with Gasteiger partial charge in [-0.25, -0.2) is 5.01 Å². The van der Waals surface area contributed by atoms with Crippen molar-refractivity contribution in [2.24, 2.45) is 5.84 Å². The van der Waals surface area contributed by atoms with Crippen LogP contribution in [0.3, 0.4) is 0 Å². The Morgan fingerprint density at radius 3 is 2.83 bits per heavy atom. The highest BCUT2D eigenvalue weighted by Crippen LogP contribution is 2.12. The number of rotatable bonds is 0. The number of morpholine rings is 1. The molecule has 0 radical (unpaired) electrons. The summed E-state index contributed by atoms with van der Waals surface area (Å²) in [5.41, 5.74) is 0. The van der Waals surface area contributed by atoms with Crippen molar-refractivity contribution >= 4 is 0 Å². The van der Waals surface area contributed by atoms with Crippen LogP contribution >= 0.6 is 0 Å². The molecule has 2 heterocycles. The number of nitrogens with two attached hydrogens (primary N) is 1. The second-order valence-corrected chi connectivity index (χ2v) is 2.92. The van der Waals surface area contributed by atoms with Gasteiger partial charge in [0.2, 0.25) is 0 Å². The van der Waals surface area contributed by atoms with Gasteiger partial charge in [0.15, 0.2) is 0 Å². The SMILES string of the molecule is CC.NN1CC2NCCOC2C1. The Balaban J connectivity index is 0.000000336. The standard InChI is InChI=1S/C6H13N3O.C2H6/c7-9-3-5-6(4-9)10-2-1-8-5;1-2/h5-6,8H,1-4,7H2;1-2H3. The molecule has 0 spiro atoms. The monoisotopic (exact) mass is 173 g/mol. The molecule has 0 amide bonds. The molecular weight excluding hydrogens is 154 g/mol. The third kappa shape index (κ3) is 2.17. The number of fused-ring (bicyclic) bond motifs is 1. The first kappa shape index (κ1) is 9.92. The van der Waals surface area contributed by atoms with Crippen LogP contribution in [-0.4, -0.2) is 43.4 Å². The number of ether oxygens (including phenoxy) is 1. The summed E-state index contributed by atoms with van der Waals surface area (Å²) >= 11 is 0. The van der Waals surface area contributed by atoms with E-state index in [1.807, 2.05) is 18.9 Å². The van der Waals surface area contributed by atoms with Gasteiger partial charge in [0.05, 0.1) is 12.7 Å². The topological polar surface area (TPSA) is 50.5 Å². The van der Waals surface area contributed by atoms with E-state index in [0.717, 1.165) is 26.2 Å². The second-order valence-electron chi connectivity index (χ2n) is 2.92. The Hall–Kier alpha value is -0.160. The summed E-state index contributed by atoms with van der Waals surface area (Å²) in [6.07, 6.45) is 0.332. The molecule has 0 aromatic carbocycles.